The molecule has 0 unspecified atom stereocenters. The highest BCUT2D eigenvalue weighted by molar-refractivity contribution is 5.73. The number of hydrogen-bond donors (Lipinski definition) is 0. The molecule has 1 aromatic carbocycles. The fraction of sp³-hybridized carbons (Fsp3) is 0.182. The molecule has 0 N–H and O–H groups in total. The minimum atomic E-state index is -0.571. The summed E-state index contributed by atoms with van der Waals surface area (Å²) >= 11 is 0. The van der Waals surface area contributed by atoms with E-state index in [9.17, 15) is 14.9 Å². The lowest BCUT2D eigenvalue weighted by atomic mass is 10.2. The first-order valence-electron chi connectivity index (χ1n) is 4.75. The van der Waals surface area contributed by atoms with Gasteiger partial charge in [-0.05, 0) is 6.07 Å². The number of carbonyl (C=O) groups excluding carboxylic acids is 1. The maximum Gasteiger partial charge on any atom is 0.310 e. The summed E-state index contributed by atoms with van der Waals surface area (Å²) in [6.07, 6.45) is 2.35. The summed E-state index contributed by atoms with van der Waals surface area (Å²) in [5.74, 6) is -0.0468. The average Bonchev–Trinajstić information content (AvgIpc) is 2.27. The Morgan fingerprint density at radius 3 is 2.81 bits per heavy atom. The second kappa shape index (κ2) is 5.65. The number of nitro groups is 1. The molecule has 1 rings (SSSR count). The van der Waals surface area contributed by atoms with E-state index in [2.05, 4.69) is 0 Å². The predicted octanol–water partition coefficient (Wildman–Crippen LogP) is 2.25. The van der Waals surface area contributed by atoms with Crippen molar-refractivity contribution in [3.8, 4) is 5.75 Å². The van der Waals surface area contributed by atoms with Crippen molar-refractivity contribution in [1.29, 1.82) is 0 Å². The van der Waals surface area contributed by atoms with Crippen LogP contribution in [0.1, 0.15) is 18.9 Å². The van der Waals surface area contributed by atoms with E-state index in [0.717, 1.165) is 6.20 Å². The van der Waals surface area contributed by atoms with Crippen LogP contribution in [0.15, 0.2) is 30.5 Å². The Morgan fingerprint density at radius 1 is 1.50 bits per heavy atom. The van der Waals surface area contributed by atoms with Crippen LogP contribution in [0.3, 0.4) is 0 Å². The molecular formula is C11H11NO4. The van der Waals surface area contributed by atoms with Gasteiger partial charge in [0, 0.05) is 18.1 Å². The first-order valence-corrected chi connectivity index (χ1v) is 4.75. The van der Waals surface area contributed by atoms with Crippen LogP contribution in [0.5, 0.6) is 5.75 Å². The summed E-state index contributed by atoms with van der Waals surface area (Å²) < 4.78 is 5.01. The summed E-state index contributed by atoms with van der Waals surface area (Å²) in [6.45, 7) is 1.68. The van der Waals surface area contributed by atoms with E-state index in [-0.39, 0.29) is 12.4 Å². The lowest BCUT2D eigenvalue weighted by Gasteiger charge is -2.04. The van der Waals surface area contributed by atoms with E-state index in [1.165, 1.54) is 6.08 Å². The number of hydrogen-bond acceptors (Lipinski definition) is 4. The van der Waals surface area contributed by atoms with E-state index in [1.54, 1.807) is 31.2 Å². The SMILES string of the molecule is CCC(=O)Oc1ccccc1/C=C/[N+](=O)[O-]. The number of para-hydroxylation sites is 1. The zero-order valence-electron chi connectivity index (χ0n) is 8.75. The molecule has 5 nitrogen and oxygen atoms in total. The zero-order valence-corrected chi connectivity index (χ0v) is 8.75. The summed E-state index contributed by atoms with van der Waals surface area (Å²) in [5, 5.41) is 10.2. The molecule has 0 bridgehead atoms. The Kier molecular flexibility index (Phi) is 4.20. The second-order valence-electron chi connectivity index (χ2n) is 2.97. The van der Waals surface area contributed by atoms with Crippen LogP contribution >= 0.6 is 0 Å². The summed E-state index contributed by atoms with van der Waals surface area (Å²) in [7, 11) is 0. The van der Waals surface area contributed by atoms with Crippen LogP contribution in [0.2, 0.25) is 0 Å². The second-order valence-corrected chi connectivity index (χ2v) is 2.97. The van der Waals surface area contributed by atoms with Gasteiger partial charge in [-0.15, -0.1) is 0 Å². The van der Waals surface area contributed by atoms with Gasteiger partial charge in [0.25, 0.3) is 0 Å². The van der Waals surface area contributed by atoms with Gasteiger partial charge in [0.2, 0.25) is 6.20 Å². The Labute approximate surface area is 92.5 Å². The van der Waals surface area contributed by atoms with Gasteiger partial charge >= 0.3 is 5.97 Å². The lowest BCUT2D eigenvalue weighted by Crippen LogP contribution is -2.06. The zero-order chi connectivity index (χ0) is 12.0. The average molecular weight is 221 g/mol. The van der Waals surface area contributed by atoms with Crippen LogP contribution < -0.4 is 4.74 Å². The van der Waals surface area contributed by atoms with Crippen molar-refractivity contribution in [2.45, 2.75) is 13.3 Å². The van der Waals surface area contributed by atoms with Crippen molar-refractivity contribution < 1.29 is 14.5 Å². The van der Waals surface area contributed by atoms with E-state index in [1.807, 2.05) is 0 Å². The molecule has 0 aliphatic rings. The molecule has 0 saturated carbocycles. The summed E-state index contributed by atoms with van der Waals surface area (Å²) in [4.78, 5) is 20.7. The van der Waals surface area contributed by atoms with Crippen LogP contribution in [-0.2, 0) is 4.79 Å². The standard InChI is InChI=1S/C11H11NO4/c1-2-11(13)16-10-6-4-3-5-9(10)7-8-12(14)15/h3-8H,2H2,1H3/b8-7+. The third-order valence-electron chi connectivity index (χ3n) is 1.81. The normalized spacial score (nSPS) is 10.3. The Hall–Kier alpha value is -2.17. The molecule has 0 aliphatic carbocycles. The molecule has 0 spiro atoms. The first-order chi connectivity index (χ1) is 7.63. The molecule has 0 aliphatic heterocycles. The number of rotatable bonds is 4. The van der Waals surface area contributed by atoms with Gasteiger partial charge in [0.15, 0.2) is 0 Å². The van der Waals surface area contributed by atoms with Crippen molar-refractivity contribution in [3.05, 3.63) is 46.1 Å². The topological polar surface area (TPSA) is 69.4 Å². The third kappa shape index (κ3) is 3.53. The van der Waals surface area contributed by atoms with E-state index < -0.39 is 4.92 Å². The molecule has 5 heteroatoms. The third-order valence-corrected chi connectivity index (χ3v) is 1.81. The Morgan fingerprint density at radius 2 is 2.19 bits per heavy atom. The number of esters is 1. The number of carbonyl (C=O) groups is 1. The van der Waals surface area contributed by atoms with Crippen LogP contribution in [0.25, 0.3) is 6.08 Å². The Balaban J connectivity index is 2.91. The summed E-state index contributed by atoms with van der Waals surface area (Å²) in [6, 6.07) is 6.64. The molecule has 0 radical (unpaired) electrons. The fourth-order valence-corrected chi connectivity index (χ4v) is 1.05. The quantitative estimate of drug-likeness (QED) is 0.338. The molecule has 0 aromatic heterocycles. The molecule has 0 heterocycles. The molecule has 0 saturated heterocycles. The van der Waals surface area contributed by atoms with Crippen LogP contribution in [0.4, 0.5) is 0 Å². The smallest absolute Gasteiger partial charge is 0.310 e. The number of nitrogens with zero attached hydrogens (tertiary/aromatic N) is 1. The number of ether oxygens (including phenoxy) is 1. The minimum Gasteiger partial charge on any atom is -0.426 e. The van der Waals surface area contributed by atoms with Crippen LogP contribution in [-0.4, -0.2) is 10.9 Å². The maximum absolute atomic E-state index is 11.1. The van der Waals surface area contributed by atoms with Gasteiger partial charge in [-0.3, -0.25) is 14.9 Å². The molecular weight excluding hydrogens is 210 g/mol. The molecule has 84 valence electrons. The van der Waals surface area contributed by atoms with Crippen molar-refractivity contribution in [2.75, 3.05) is 0 Å². The fourth-order valence-electron chi connectivity index (χ4n) is 1.05. The van der Waals surface area contributed by atoms with Crippen molar-refractivity contribution in [1.82, 2.24) is 0 Å². The predicted molar refractivity (Wildman–Crippen MR) is 58.4 cm³/mol. The van der Waals surface area contributed by atoms with Gasteiger partial charge in [0.1, 0.15) is 5.75 Å². The Bertz CT molecular complexity index is 426. The molecule has 16 heavy (non-hydrogen) atoms. The summed E-state index contributed by atoms with van der Waals surface area (Å²) in [5.41, 5.74) is 0.501. The van der Waals surface area contributed by atoms with Crippen LogP contribution in [0, 0.1) is 10.1 Å². The highest BCUT2D eigenvalue weighted by atomic mass is 16.6. The van der Waals surface area contributed by atoms with E-state index >= 15 is 0 Å². The largest absolute Gasteiger partial charge is 0.426 e. The van der Waals surface area contributed by atoms with Gasteiger partial charge < -0.3 is 4.74 Å². The van der Waals surface area contributed by atoms with Crippen molar-refractivity contribution in [3.63, 3.8) is 0 Å². The molecule has 1 aromatic rings. The van der Waals surface area contributed by atoms with Gasteiger partial charge in [-0.2, -0.15) is 0 Å². The lowest BCUT2D eigenvalue weighted by molar-refractivity contribution is -0.400. The monoisotopic (exact) mass is 221 g/mol. The maximum atomic E-state index is 11.1. The molecule has 0 amide bonds. The number of benzene rings is 1. The first kappa shape index (κ1) is 11.9. The van der Waals surface area contributed by atoms with Gasteiger partial charge in [-0.1, -0.05) is 25.1 Å². The highest BCUT2D eigenvalue weighted by Gasteiger charge is 2.05. The van der Waals surface area contributed by atoms with E-state index in [4.69, 9.17) is 4.74 Å². The van der Waals surface area contributed by atoms with Crippen molar-refractivity contribution in [2.24, 2.45) is 0 Å². The molecule has 0 fully saturated rings. The molecule has 0 atom stereocenters. The minimum absolute atomic E-state index is 0.257. The van der Waals surface area contributed by atoms with Gasteiger partial charge in [0.05, 0.1) is 4.92 Å². The van der Waals surface area contributed by atoms with E-state index in [0.29, 0.717) is 11.3 Å². The van der Waals surface area contributed by atoms with Crippen molar-refractivity contribution >= 4 is 12.0 Å². The van der Waals surface area contributed by atoms with Gasteiger partial charge in [-0.25, -0.2) is 0 Å². The highest BCUT2D eigenvalue weighted by Crippen LogP contribution is 2.19.